The Morgan fingerprint density at radius 3 is 2.81 bits per heavy atom. The maximum absolute atomic E-state index is 5.99. The molecule has 2 aliphatic carbocycles. The van der Waals surface area contributed by atoms with E-state index in [9.17, 15) is 0 Å². The molecule has 0 bridgehead atoms. The van der Waals surface area contributed by atoms with Crippen LogP contribution in [0, 0.1) is 0 Å². The number of hydrogen-bond donors (Lipinski definition) is 1. The molecule has 0 radical (unpaired) electrons. The Balaban J connectivity index is 1.86. The summed E-state index contributed by atoms with van der Waals surface area (Å²) in [7, 11) is 1.87. The molecule has 1 aromatic rings. The van der Waals surface area contributed by atoms with Crippen molar-refractivity contribution < 1.29 is 4.74 Å². The van der Waals surface area contributed by atoms with Gasteiger partial charge in [-0.25, -0.2) is 4.98 Å². The van der Waals surface area contributed by atoms with Gasteiger partial charge >= 0.3 is 0 Å². The van der Waals surface area contributed by atoms with Crippen molar-refractivity contribution in [2.24, 2.45) is 0 Å². The van der Waals surface area contributed by atoms with Crippen molar-refractivity contribution in [1.29, 1.82) is 0 Å². The number of rotatable bonds is 5. The van der Waals surface area contributed by atoms with Crippen LogP contribution < -0.4 is 5.32 Å². The van der Waals surface area contributed by atoms with Crippen LogP contribution in [-0.4, -0.2) is 18.6 Å². The van der Waals surface area contributed by atoms with Gasteiger partial charge in [-0.2, -0.15) is 0 Å². The summed E-state index contributed by atoms with van der Waals surface area (Å²) in [5.74, 6) is 0. The van der Waals surface area contributed by atoms with Gasteiger partial charge in [-0.3, -0.25) is 0 Å². The number of ether oxygens (including phenoxy) is 1. The lowest BCUT2D eigenvalue weighted by Crippen LogP contribution is -2.31. The molecule has 1 fully saturated rings. The summed E-state index contributed by atoms with van der Waals surface area (Å²) >= 11 is 1.93. The van der Waals surface area contributed by atoms with E-state index in [0.29, 0.717) is 6.04 Å². The maximum atomic E-state index is 5.99. The largest absolute Gasteiger partial charge is 0.371 e. The van der Waals surface area contributed by atoms with Crippen molar-refractivity contribution in [3.8, 4) is 0 Å². The van der Waals surface area contributed by atoms with Crippen LogP contribution in [0.4, 0.5) is 0 Å². The third kappa shape index (κ3) is 3.03. The second-order valence-corrected chi connectivity index (χ2v) is 7.57. The molecular weight excluding hydrogens is 280 g/mol. The molecule has 3 nitrogen and oxygen atoms in total. The van der Waals surface area contributed by atoms with Crippen LogP contribution in [0.15, 0.2) is 0 Å². The predicted octanol–water partition coefficient (Wildman–Crippen LogP) is 4.33. The van der Waals surface area contributed by atoms with Gasteiger partial charge in [0.15, 0.2) is 0 Å². The fourth-order valence-corrected chi connectivity index (χ4v) is 5.15. The number of aryl methyl sites for hydroxylation is 1. The van der Waals surface area contributed by atoms with E-state index in [1.165, 1.54) is 60.5 Å². The van der Waals surface area contributed by atoms with Gasteiger partial charge in [-0.1, -0.05) is 26.2 Å². The topological polar surface area (TPSA) is 34.1 Å². The fourth-order valence-electron chi connectivity index (χ4n) is 3.76. The van der Waals surface area contributed by atoms with E-state index in [-0.39, 0.29) is 5.60 Å². The van der Waals surface area contributed by atoms with Crippen molar-refractivity contribution in [3.63, 3.8) is 0 Å². The van der Waals surface area contributed by atoms with E-state index in [2.05, 4.69) is 12.2 Å². The molecular formula is C17H28N2OS. The molecule has 1 atom stereocenters. The molecule has 1 aromatic heterocycles. The highest BCUT2D eigenvalue weighted by atomic mass is 32.1. The van der Waals surface area contributed by atoms with Crippen LogP contribution in [0.3, 0.4) is 0 Å². The summed E-state index contributed by atoms with van der Waals surface area (Å²) in [6.45, 7) is 3.32. The van der Waals surface area contributed by atoms with Crippen molar-refractivity contribution in [1.82, 2.24) is 10.3 Å². The third-order valence-electron chi connectivity index (χ3n) is 5.04. The van der Waals surface area contributed by atoms with Gasteiger partial charge in [-0.05, 0) is 45.1 Å². The second kappa shape index (κ2) is 6.76. The van der Waals surface area contributed by atoms with Gasteiger partial charge in [0, 0.05) is 12.0 Å². The third-order valence-corrected chi connectivity index (χ3v) is 6.35. The smallest absolute Gasteiger partial charge is 0.125 e. The zero-order chi connectivity index (χ0) is 14.7. The average molecular weight is 308 g/mol. The molecule has 0 aromatic carbocycles. The second-order valence-electron chi connectivity index (χ2n) is 6.49. The normalized spacial score (nSPS) is 24.8. The van der Waals surface area contributed by atoms with Crippen LogP contribution in [0.5, 0.6) is 0 Å². The van der Waals surface area contributed by atoms with Gasteiger partial charge in [-0.15, -0.1) is 11.3 Å². The van der Waals surface area contributed by atoms with Crippen molar-refractivity contribution >= 4 is 11.3 Å². The van der Waals surface area contributed by atoms with Crippen molar-refractivity contribution in [2.45, 2.75) is 76.4 Å². The Kier molecular flexibility index (Phi) is 4.97. The molecule has 0 spiro atoms. The molecule has 1 heterocycles. The number of hydrogen-bond acceptors (Lipinski definition) is 4. The van der Waals surface area contributed by atoms with Gasteiger partial charge in [0.1, 0.15) is 10.6 Å². The minimum atomic E-state index is -0.0877. The van der Waals surface area contributed by atoms with E-state index in [1.807, 2.05) is 18.4 Å². The average Bonchev–Trinajstić information content (AvgIpc) is 2.99. The summed E-state index contributed by atoms with van der Waals surface area (Å²) in [4.78, 5) is 6.59. The first-order valence-corrected chi connectivity index (χ1v) is 9.39. The first-order valence-electron chi connectivity index (χ1n) is 8.57. The van der Waals surface area contributed by atoms with Crippen LogP contribution >= 0.6 is 11.3 Å². The van der Waals surface area contributed by atoms with E-state index in [1.54, 1.807) is 0 Å². The highest BCUT2D eigenvalue weighted by Gasteiger charge is 2.38. The van der Waals surface area contributed by atoms with E-state index >= 15 is 0 Å². The molecule has 0 saturated heterocycles. The summed E-state index contributed by atoms with van der Waals surface area (Å²) in [6, 6.07) is 0.469. The van der Waals surface area contributed by atoms with Gasteiger partial charge in [0.25, 0.3) is 0 Å². The SMILES string of the molecule is CCCNC1CCCc2sc(C3(OC)CCCCC3)nc21. The lowest BCUT2D eigenvalue weighted by Gasteiger charge is -2.34. The van der Waals surface area contributed by atoms with Crippen molar-refractivity contribution in [3.05, 3.63) is 15.6 Å². The van der Waals surface area contributed by atoms with E-state index < -0.39 is 0 Å². The molecule has 21 heavy (non-hydrogen) atoms. The Hall–Kier alpha value is -0.450. The molecule has 2 aliphatic rings. The summed E-state index contributed by atoms with van der Waals surface area (Å²) in [5, 5.41) is 4.93. The van der Waals surface area contributed by atoms with Crippen molar-refractivity contribution in [2.75, 3.05) is 13.7 Å². The zero-order valence-corrected chi connectivity index (χ0v) is 14.2. The molecule has 1 unspecified atom stereocenters. The summed E-state index contributed by atoms with van der Waals surface area (Å²) in [6.07, 6.45) is 11.1. The molecule has 0 aliphatic heterocycles. The van der Waals surface area contributed by atoms with Crippen LogP contribution in [0.2, 0.25) is 0 Å². The fraction of sp³-hybridized carbons (Fsp3) is 0.824. The van der Waals surface area contributed by atoms with E-state index in [0.717, 1.165) is 19.4 Å². The van der Waals surface area contributed by atoms with Crippen LogP contribution in [-0.2, 0) is 16.8 Å². The molecule has 0 amide bonds. The zero-order valence-electron chi connectivity index (χ0n) is 13.4. The molecule has 4 heteroatoms. The molecule has 1 saturated carbocycles. The van der Waals surface area contributed by atoms with Crippen LogP contribution in [0.1, 0.15) is 79.9 Å². The number of thiazole rings is 1. The number of aromatic nitrogens is 1. The first-order chi connectivity index (χ1) is 10.3. The Morgan fingerprint density at radius 1 is 1.29 bits per heavy atom. The monoisotopic (exact) mass is 308 g/mol. The lowest BCUT2D eigenvalue weighted by molar-refractivity contribution is -0.0447. The predicted molar refractivity (Wildman–Crippen MR) is 87.9 cm³/mol. The highest BCUT2D eigenvalue weighted by molar-refractivity contribution is 7.11. The Morgan fingerprint density at radius 2 is 2.10 bits per heavy atom. The minimum Gasteiger partial charge on any atom is -0.371 e. The Bertz CT molecular complexity index is 465. The molecule has 118 valence electrons. The number of fused-ring (bicyclic) bond motifs is 1. The summed E-state index contributed by atoms with van der Waals surface area (Å²) < 4.78 is 5.99. The number of methoxy groups -OCH3 is 1. The minimum absolute atomic E-state index is 0.0877. The lowest BCUT2D eigenvalue weighted by atomic mass is 9.85. The molecule has 3 rings (SSSR count). The van der Waals surface area contributed by atoms with Gasteiger partial charge < -0.3 is 10.1 Å². The molecule has 1 N–H and O–H groups in total. The summed E-state index contributed by atoms with van der Waals surface area (Å²) in [5.41, 5.74) is 1.24. The van der Waals surface area contributed by atoms with Crippen LogP contribution in [0.25, 0.3) is 0 Å². The number of nitrogens with one attached hydrogen (secondary N) is 1. The standard InChI is InChI=1S/C17H28N2OS/c1-3-12-18-13-8-7-9-14-15(13)19-16(21-14)17(20-2)10-5-4-6-11-17/h13,18H,3-12H2,1-2H3. The first kappa shape index (κ1) is 15.4. The van der Waals surface area contributed by atoms with Gasteiger partial charge in [0.2, 0.25) is 0 Å². The quantitative estimate of drug-likeness (QED) is 0.879. The highest BCUT2D eigenvalue weighted by Crippen LogP contribution is 2.44. The van der Waals surface area contributed by atoms with Gasteiger partial charge in [0.05, 0.1) is 11.7 Å². The van der Waals surface area contributed by atoms with E-state index in [4.69, 9.17) is 9.72 Å². The number of nitrogens with zero attached hydrogens (tertiary/aromatic N) is 1. The Labute approximate surface area is 132 Å². The maximum Gasteiger partial charge on any atom is 0.125 e.